The van der Waals surface area contributed by atoms with Crippen molar-refractivity contribution in [1.29, 1.82) is 0 Å². The highest BCUT2D eigenvalue weighted by atomic mass is 35.5. The Morgan fingerprint density at radius 2 is 1.69 bits per heavy atom. The predicted molar refractivity (Wildman–Crippen MR) is 112 cm³/mol. The zero-order chi connectivity index (χ0) is 20.1. The van der Waals surface area contributed by atoms with E-state index in [-0.39, 0.29) is 5.91 Å². The third-order valence-corrected chi connectivity index (χ3v) is 5.16. The summed E-state index contributed by atoms with van der Waals surface area (Å²) >= 11 is 6.09. The van der Waals surface area contributed by atoms with Crippen LogP contribution in [0, 0.1) is 0 Å². The number of hydrogen-bond acceptors (Lipinski definition) is 6. The van der Waals surface area contributed by atoms with E-state index in [1.807, 2.05) is 42.5 Å². The van der Waals surface area contributed by atoms with Gasteiger partial charge in [0.2, 0.25) is 5.91 Å². The summed E-state index contributed by atoms with van der Waals surface area (Å²) in [4.78, 5) is 21.2. The molecule has 1 amide bonds. The lowest BCUT2D eigenvalue weighted by atomic mass is 10.2. The smallest absolute Gasteiger partial charge is 0.257 e. The fraction of sp³-hybridized carbons (Fsp3) is 0.286. The quantitative estimate of drug-likeness (QED) is 0.671. The predicted octanol–water partition coefficient (Wildman–Crippen LogP) is 3.15. The Kier molecular flexibility index (Phi) is 6.19. The Balaban J connectivity index is 1.24. The minimum Gasteiger partial charge on any atom is -0.334 e. The number of nitrogens with one attached hydrogen (secondary N) is 1. The number of benzene rings is 2. The van der Waals surface area contributed by atoms with Crippen LogP contribution in [0.25, 0.3) is 11.5 Å². The zero-order valence-corrected chi connectivity index (χ0v) is 16.7. The lowest BCUT2D eigenvalue weighted by molar-refractivity contribution is -0.117. The number of aromatic nitrogens is 2. The van der Waals surface area contributed by atoms with Crippen LogP contribution in [0.4, 0.5) is 5.69 Å². The van der Waals surface area contributed by atoms with E-state index in [0.29, 0.717) is 35.5 Å². The highest BCUT2D eigenvalue weighted by molar-refractivity contribution is 6.33. The maximum atomic E-state index is 12.3. The van der Waals surface area contributed by atoms with Crippen LogP contribution in [-0.2, 0) is 11.3 Å². The van der Waals surface area contributed by atoms with Gasteiger partial charge in [-0.25, -0.2) is 0 Å². The van der Waals surface area contributed by atoms with E-state index in [9.17, 15) is 4.79 Å². The van der Waals surface area contributed by atoms with Crippen molar-refractivity contribution < 1.29 is 9.32 Å². The molecule has 3 aromatic rings. The molecule has 1 N–H and O–H groups in total. The third kappa shape index (κ3) is 5.20. The number of para-hydroxylation sites is 1. The molecule has 29 heavy (non-hydrogen) atoms. The van der Waals surface area contributed by atoms with Crippen molar-refractivity contribution in [3.05, 3.63) is 65.4 Å². The molecule has 150 valence electrons. The van der Waals surface area contributed by atoms with Gasteiger partial charge in [0.05, 0.1) is 23.8 Å². The molecule has 0 saturated carbocycles. The summed E-state index contributed by atoms with van der Waals surface area (Å²) in [6.07, 6.45) is 0. The number of carbonyl (C=O) groups excluding carboxylic acids is 1. The summed E-state index contributed by atoms with van der Waals surface area (Å²) in [7, 11) is 0. The fourth-order valence-electron chi connectivity index (χ4n) is 3.28. The molecule has 1 aromatic heterocycles. The maximum absolute atomic E-state index is 12.3. The molecule has 0 spiro atoms. The van der Waals surface area contributed by atoms with Gasteiger partial charge in [-0.15, -0.1) is 0 Å². The normalized spacial score (nSPS) is 15.3. The van der Waals surface area contributed by atoms with Crippen LogP contribution >= 0.6 is 11.6 Å². The molecule has 0 bridgehead atoms. The van der Waals surface area contributed by atoms with E-state index in [1.165, 1.54) is 0 Å². The number of halogens is 1. The summed E-state index contributed by atoms with van der Waals surface area (Å²) in [5.41, 5.74) is 1.56. The molecule has 7 nitrogen and oxygen atoms in total. The van der Waals surface area contributed by atoms with E-state index in [0.717, 1.165) is 31.7 Å². The third-order valence-electron chi connectivity index (χ3n) is 4.83. The molecule has 4 rings (SSSR count). The van der Waals surface area contributed by atoms with Crippen LogP contribution in [-0.4, -0.2) is 58.6 Å². The van der Waals surface area contributed by atoms with Crippen LogP contribution < -0.4 is 5.32 Å². The van der Waals surface area contributed by atoms with E-state index >= 15 is 0 Å². The molecule has 2 aromatic carbocycles. The Labute approximate surface area is 174 Å². The zero-order valence-electron chi connectivity index (χ0n) is 15.9. The van der Waals surface area contributed by atoms with Gasteiger partial charge in [-0.3, -0.25) is 14.6 Å². The number of nitrogens with zero attached hydrogens (tertiary/aromatic N) is 4. The van der Waals surface area contributed by atoms with E-state index in [4.69, 9.17) is 16.1 Å². The van der Waals surface area contributed by atoms with Crippen LogP contribution in [0.2, 0.25) is 5.02 Å². The first-order valence-electron chi connectivity index (χ1n) is 9.54. The Bertz CT molecular complexity index is 954. The van der Waals surface area contributed by atoms with Gasteiger partial charge in [-0.1, -0.05) is 47.1 Å². The van der Waals surface area contributed by atoms with Crippen molar-refractivity contribution in [2.24, 2.45) is 0 Å². The highest BCUT2D eigenvalue weighted by Gasteiger charge is 2.21. The van der Waals surface area contributed by atoms with Crippen LogP contribution in [0.5, 0.6) is 0 Å². The molecule has 0 aliphatic carbocycles. The minimum absolute atomic E-state index is 0.0581. The van der Waals surface area contributed by atoms with Gasteiger partial charge < -0.3 is 9.84 Å². The first kappa shape index (κ1) is 19.6. The van der Waals surface area contributed by atoms with Gasteiger partial charge in [-0.05, 0) is 24.3 Å². The molecular weight excluding hydrogens is 390 g/mol. The summed E-state index contributed by atoms with van der Waals surface area (Å²) < 4.78 is 5.37. The van der Waals surface area contributed by atoms with Crippen molar-refractivity contribution in [2.45, 2.75) is 6.54 Å². The van der Waals surface area contributed by atoms with Gasteiger partial charge in [0, 0.05) is 31.7 Å². The van der Waals surface area contributed by atoms with E-state index < -0.39 is 0 Å². The second kappa shape index (κ2) is 9.17. The van der Waals surface area contributed by atoms with Crippen molar-refractivity contribution in [2.75, 3.05) is 38.0 Å². The lowest BCUT2D eigenvalue weighted by Crippen LogP contribution is -2.48. The summed E-state index contributed by atoms with van der Waals surface area (Å²) in [6, 6.07) is 17.0. The molecule has 1 aliphatic heterocycles. The minimum atomic E-state index is -0.0581. The molecular formula is C21H22ClN5O2. The average Bonchev–Trinajstić information content (AvgIpc) is 3.20. The van der Waals surface area contributed by atoms with Crippen LogP contribution in [0.15, 0.2) is 59.1 Å². The Hall–Kier alpha value is -2.74. The molecule has 1 fully saturated rings. The Morgan fingerprint density at radius 3 is 2.45 bits per heavy atom. The van der Waals surface area contributed by atoms with Gasteiger partial charge >= 0.3 is 0 Å². The fourth-order valence-corrected chi connectivity index (χ4v) is 3.46. The average molecular weight is 412 g/mol. The van der Waals surface area contributed by atoms with Crippen LogP contribution in [0.3, 0.4) is 0 Å². The summed E-state index contributed by atoms with van der Waals surface area (Å²) in [5.74, 6) is 1.15. The van der Waals surface area contributed by atoms with Gasteiger partial charge in [0.25, 0.3) is 5.89 Å². The molecule has 0 unspecified atom stereocenters. The number of anilines is 1. The van der Waals surface area contributed by atoms with Crippen molar-refractivity contribution >= 4 is 23.2 Å². The largest absolute Gasteiger partial charge is 0.334 e. The number of amides is 1. The monoisotopic (exact) mass is 411 g/mol. The number of rotatable bonds is 6. The van der Waals surface area contributed by atoms with Crippen molar-refractivity contribution in [3.8, 4) is 11.5 Å². The molecule has 0 radical (unpaired) electrons. The van der Waals surface area contributed by atoms with Gasteiger partial charge in [0.15, 0.2) is 5.82 Å². The second-order valence-corrected chi connectivity index (χ2v) is 7.37. The summed E-state index contributed by atoms with van der Waals surface area (Å²) in [5, 5.41) is 7.50. The van der Waals surface area contributed by atoms with Gasteiger partial charge in [-0.2, -0.15) is 4.98 Å². The van der Waals surface area contributed by atoms with Crippen molar-refractivity contribution in [1.82, 2.24) is 19.9 Å². The number of hydrogen-bond donors (Lipinski definition) is 1. The van der Waals surface area contributed by atoms with Crippen LogP contribution in [0.1, 0.15) is 5.82 Å². The number of piperazine rings is 1. The standard InChI is InChI=1S/C21H22ClN5O2/c22-17-8-4-5-9-18(17)23-20(28)15-27-12-10-26(11-13-27)14-19-24-21(29-25-19)16-6-2-1-3-7-16/h1-9H,10-15H2,(H,23,28). The first-order chi connectivity index (χ1) is 14.2. The molecule has 1 saturated heterocycles. The lowest BCUT2D eigenvalue weighted by Gasteiger charge is -2.33. The van der Waals surface area contributed by atoms with E-state index in [2.05, 4.69) is 25.3 Å². The van der Waals surface area contributed by atoms with E-state index in [1.54, 1.807) is 12.1 Å². The summed E-state index contributed by atoms with van der Waals surface area (Å²) in [6.45, 7) is 4.28. The second-order valence-electron chi connectivity index (χ2n) is 6.96. The van der Waals surface area contributed by atoms with Crippen molar-refractivity contribution in [3.63, 3.8) is 0 Å². The number of carbonyl (C=O) groups is 1. The SMILES string of the molecule is O=C(CN1CCN(Cc2noc(-c3ccccc3)n2)CC1)Nc1ccccc1Cl. The highest BCUT2D eigenvalue weighted by Crippen LogP contribution is 2.20. The first-order valence-corrected chi connectivity index (χ1v) is 9.92. The molecule has 8 heteroatoms. The molecule has 0 atom stereocenters. The maximum Gasteiger partial charge on any atom is 0.257 e. The molecule has 2 heterocycles. The topological polar surface area (TPSA) is 74.5 Å². The van der Waals surface area contributed by atoms with Gasteiger partial charge in [0.1, 0.15) is 0 Å². The molecule has 1 aliphatic rings. The Morgan fingerprint density at radius 1 is 1.00 bits per heavy atom.